The predicted molar refractivity (Wildman–Crippen MR) is 72.2 cm³/mol. The van der Waals surface area contributed by atoms with E-state index in [0.717, 1.165) is 12.5 Å². The van der Waals surface area contributed by atoms with Crippen LogP contribution in [-0.4, -0.2) is 44.0 Å². The Balaban J connectivity index is 2.00. The van der Waals surface area contributed by atoms with Crippen LogP contribution in [0.25, 0.3) is 11.3 Å². The summed E-state index contributed by atoms with van der Waals surface area (Å²) in [6.45, 7) is 0. The lowest BCUT2D eigenvalue weighted by Crippen LogP contribution is -2.06. The largest absolute Gasteiger partial charge is 0.360 e. The highest BCUT2D eigenvalue weighted by Crippen LogP contribution is 2.16. The van der Waals surface area contributed by atoms with Gasteiger partial charge in [-0.1, -0.05) is 0 Å². The van der Waals surface area contributed by atoms with Crippen molar-refractivity contribution in [2.24, 2.45) is 0 Å². The van der Waals surface area contributed by atoms with Gasteiger partial charge in [0.25, 0.3) is 5.88 Å². The zero-order valence-electron chi connectivity index (χ0n) is 11.0. The van der Waals surface area contributed by atoms with Gasteiger partial charge >= 0.3 is 15.8 Å². The average molecular weight is 324 g/mol. The van der Waals surface area contributed by atoms with Crippen LogP contribution in [0.15, 0.2) is 30.9 Å². The summed E-state index contributed by atoms with van der Waals surface area (Å²) in [6, 6.07) is 1.34. The van der Waals surface area contributed by atoms with Gasteiger partial charge in [-0.2, -0.15) is 13.5 Å². The van der Waals surface area contributed by atoms with Gasteiger partial charge in [0.15, 0.2) is 5.65 Å². The molecule has 0 radical (unpaired) electrons. The monoisotopic (exact) mass is 324 g/mol. The van der Waals surface area contributed by atoms with Gasteiger partial charge in [-0.3, -0.25) is 10.1 Å². The van der Waals surface area contributed by atoms with Crippen molar-refractivity contribution in [2.45, 2.75) is 0 Å². The number of nitro groups is 1. The number of fused-ring (bicyclic) bond motifs is 1. The van der Waals surface area contributed by atoms with Gasteiger partial charge < -0.3 is 4.18 Å². The van der Waals surface area contributed by atoms with Crippen LogP contribution in [0, 0.1) is 10.1 Å². The predicted octanol–water partition coefficient (Wildman–Crippen LogP) is 0.162. The summed E-state index contributed by atoms with van der Waals surface area (Å²) in [4.78, 5) is 14.1. The van der Waals surface area contributed by atoms with Gasteiger partial charge in [-0.25, -0.2) is 14.2 Å². The molecule has 0 aliphatic rings. The molecular formula is C10H8N6O5S. The summed E-state index contributed by atoms with van der Waals surface area (Å²) < 4.78 is 29.3. The van der Waals surface area contributed by atoms with Crippen LogP contribution in [0.4, 0.5) is 5.69 Å². The number of hydrogen-bond acceptors (Lipinski definition) is 8. The van der Waals surface area contributed by atoms with E-state index >= 15 is 0 Å². The first kappa shape index (κ1) is 13.9. The number of aromatic nitrogens is 5. The lowest BCUT2D eigenvalue weighted by Gasteiger charge is -1.99. The first-order chi connectivity index (χ1) is 10.3. The summed E-state index contributed by atoms with van der Waals surface area (Å²) >= 11 is 0. The van der Waals surface area contributed by atoms with E-state index in [1.54, 1.807) is 0 Å². The van der Waals surface area contributed by atoms with Gasteiger partial charge in [0.1, 0.15) is 18.1 Å². The molecule has 11 nitrogen and oxygen atoms in total. The fraction of sp³-hybridized carbons (Fsp3) is 0.100. The van der Waals surface area contributed by atoms with Gasteiger partial charge in [-0.05, 0) is 0 Å². The lowest BCUT2D eigenvalue weighted by atomic mass is 10.5. The quantitative estimate of drug-likeness (QED) is 0.376. The van der Waals surface area contributed by atoms with Crippen molar-refractivity contribution < 1.29 is 17.5 Å². The maximum absolute atomic E-state index is 11.1. The molecule has 0 bridgehead atoms. The molecule has 3 aromatic rings. The molecule has 0 N–H and O–H groups in total. The maximum Gasteiger partial charge on any atom is 0.307 e. The second-order valence-electron chi connectivity index (χ2n) is 4.29. The van der Waals surface area contributed by atoms with Crippen LogP contribution in [0.1, 0.15) is 0 Å². The third kappa shape index (κ3) is 2.71. The molecule has 0 fully saturated rings. The average Bonchev–Trinajstić information content (AvgIpc) is 3.01. The van der Waals surface area contributed by atoms with E-state index in [4.69, 9.17) is 0 Å². The Morgan fingerprint density at radius 2 is 2.09 bits per heavy atom. The summed E-state index contributed by atoms with van der Waals surface area (Å²) in [6.07, 6.45) is 6.12. The van der Waals surface area contributed by atoms with Gasteiger partial charge in [0, 0.05) is 6.07 Å². The highest BCUT2D eigenvalue weighted by molar-refractivity contribution is 7.86. The van der Waals surface area contributed by atoms with Crippen LogP contribution in [0.5, 0.6) is 5.88 Å². The van der Waals surface area contributed by atoms with Crippen LogP contribution in [0.2, 0.25) is 0 Å². The molecule has 0 aliphatic heterocycles. The van der Waals surface area contributed by atoms with Crippen molar-refractivity contribution in [3.8, 4) is 11.6 Å². The highest BCUT2D eigenvalue weighted by atomic mass is 32.2. The summed E-state index contributed by atoms with van der Waals surface area (Å²) in [7, 11) is -3.69. The molecule has 0 unspecified atom stereocenters. The molecule has 0 atom stereocenters. The number of hydrogen-bond donors (Lipinski definition) is 0. The second kappa shape index (κ2) is 4.77. The van der Waals surface area contributed by atoms with E-state index in [9.17, 15) is 18.5 Å². The fourth-order valence-electron chi connectivity index (χ4n) is 1.71. The number of nitrogens with zero attached hydrogens (tertiary/aromatic N) is 6. The normalized spacial score (nSPS) is 11.7. The van der Waals surface area contributed by atoms with E-state index in [2.05, 4.69) is 19.4 Å². The maximum atomic E-state index is 11.1. The van der Waals surface area contributed by atoms with Gasteiger partial charge in [0.05, 0.1) is 23.6 Å². The molecule has 3 aromatic heterocycles. The zero-order valence-corrected chi connectivity index (χ0v) is 11.8. The smallest absolute Gasteiger partial charge is 0.307 e. The third-order valence-corrected chi connectivity index (χ3v) is 3.03. The topological polar surface area (TPSA) is 135 Å². The van der Waals surface area contributed by atoms with Crippen molar-refractivity contribution in [3.63, 3.8) is 0 Å². The highest BCUT2D eigenvalue weighted by Gasteiger charge is 2.13. The van der Waals surface area contributed by atoms with Crippen molar-refractivity contribution >= 4 is 21.5 Å². The summed E-state index contributed by atoms with van der Waals surface area (Å²) in [5.41, 5.74) is 0.598. The Bertz CT molecular complexity index is 975. The first-order valence-corrected chi connectivity index (χ1v) is 7.58. The molecule has 0 aromatic carbocycles. The molecule has 12 heteroatoms. The van der Waals surface area contributed by atoms with Crippen LogP contribution < -0.4 is 4.18 Å². The number of rotatable bonds is 4. The third-order valence-electron chi connectivity index (χ3n) is 2.56. The van der Waals surface area contributed by atoms with Crippen molar-refractivity contribution in [2.75, 3.05) is 6.26 Å². The molecule has 0 spiro atoms. The Morgan fingerprint density at radius 1 is 1.32 bits per heavy atom. The van der Waals surface area contributed by atoms with E-state index in [1.807, 2.05) is 0 Å². The molecule has 3 heterocycles. The van der Waals surface area contributed by atoms with Crippen molar-refractivity contribution in [1.82, 2.24) is 24.4 Å². The molecule has 22 heavy (non-hydrogen) atoms. The summed E-state index contributed by atoms with van der Waals surface area (Å²) in [5.74, 6) is -0.126. The van der Waals surface area contributed by atoms with Crippen LogP contribution in [-0.2, 0) is 10.1 Å². The van der Waals surface area contributed by atoms with E-state index in [0.29, 0.717) is 11.3 Å². The standard InChI is InChI=1S/C10H8N6O5S/c1-22(19,20)21-10-2-9-11-3-7(5-15(9)13-10)14-6-8(4-12-14)16(17)18/h2-6H,1H3. The molecule has 114 valence electrons. The Labute approximate surface area is 123 Å². The molecule has 3 rings (SSSR count). The molecule has 0 amide bonds. The minimum absolute atomic E-state index is 0.126. The fourth-order valence-corrected chi connectivity index (χ4v) is 2.10. The van der Waals surface area contributed by atoms with E-state index in [1.165, 1.54) is 33.9 Å². The molecular weight excluding hydrogens is 316 g/mol. The van der Waals surface area contributed by atoms with Gasteiger partial charge in [0.2, 0.25) is 0 Å². The minimum Gasteiger partial charge on any atom is -0.360 e. The van der Waals surface area contributed by atoms with E-state index in [-0.39, 0.29) is 11.6 Å². The SMILES string of the molecule is CS(=O)(=O)Oc1cc2ncc(-n3cc([N+](=O)[O-])cn3)cn2n1. The van der Waals surface area contributed by atoms with Crippen molar-refractivity contribution in [3.05, 3.63) is 41.0 Å². The Kier molecular flexibility index (Phi) is 3.02. The molecule has 0 saturated heterocycles. The molecule has 0 saturated carbocycles. The lowest BCUT2D eigenvalue weighted by molar-refractivity contribution is -0.384. The molecule has 0 aliphatic carbocycles. The van der Waals surface area contributed by atoms with Crippen LogP contribution >= 0.6 is 0 Å². The zero-order chi connectivity index (χ0) is 15.9. The van der Waals surface area contributed by atoms with Gasteiger partial charge in [-0.15, -0.1) is 5.10 Å². The first-order valence-electron chi connectivity index (χ1n) is 5.76. The second-order valence-corrected chi connectivity index (χ2v) is 5.86. The van der Waals surface area contributed by atoms with Crippen LogP contribution in [0.3, 0.4) is 0 Å². The van der Waals surface area contributed by atoms with Crippen molar-refractivity contribution in [1.29, 1.82) is 0 Å². The summed E-state index contributed by atoms with van der Waals surface area (Å²) in [5, 5.41) is 18.4. The Hall–Kier alpha value is -3.02. The van der Waals surface area contributed by atoms with E-state index < -0.39 is 15.0 Å². The minimum atomic E-state index is -3.69. The Morgan fingerprint density at radius 3 is 2.73 bits per heavy atom.